The van der Waals surface area contributed by atoms with Crippen LogP contribution < -0.4 is 5.32 Å². The molecule has 3 heterocycles. The van der Waals surface area contributed by atoms with Gasteiger partial charge >= 0.3 is 0 Å². The predicted molar refractivity (Wildman–Crippen MR) is 90.3 cm³/mol. The molecule has 0 radical (unpaired) electrons. The Bertz CT molecular complexity index is 510. The number of anilines is 1. The SMILES string of the molecule is c1cc2c(c(CC3CCOC4(CCSC4)C3)c1)NCCC2. The smallest absolute Gasteiger partial charge is 0.0783 e. The van der Waals surface area contributed by atoms with Gasteiger partial charge in [0.2, 0.25) is 0 Å². The zero-order chi connectivity index (χ0) is 14.1. The molecule has 2 saturated heterocycles. The van der Waals surface area contributed by atoms with Gasteiger partial charge in [-0.1, -0.05) is 18.2 Å². The molecule has 3 aliphatic heterocycles. The van der Waals surface area contributed by atoms with Gasteiger partial charge in [-0.05, 0) is 61.3 Å². The van der Waals surface area contributed by atoms with Crippen LogP contribution in [0.25, 0.3) is 0 Å². The Labute approximate surface area is 132 Å². The van der Waals surface area contributed by atoms with Crippen molar-refractivity contribution in [2.75, 3.05) is 30.0 Å². The van der Waals surface area contributed by atoms with E-state index in [1.54, 1.807) is 5.56 Å². The standard InChI is InChI=1S/C18H25NOS/c1-3-15-5-2-8-19-17(15)16(4-1)11-14-6-9-20-18(12-14)7-10-21-13-18/h1,3-4,14,19H,2,5-13H2. The number of ether oxygens (including phenoxy) is 1. The monoisotopic (exact) mass is 303 g/mol. The third kappa shape index (κ3) is 2.83. The van der Waals surface area contributed by atoms with Gasteiger partial charge in [0.25, 0.3) is 0 Å². The number of thioether (sulfide) groups is 1. The molecule has 1 aromatic carbocycles. The van der Waals surface area contributed by atoms with Crippen LogP contribution in [0.4, 0.5) is 5.69 Å². The first-order valence-corrected chi connectivity index (χ1v) is 9.56. The van der Waals surface area contributed by atoms with Crippen LogP contribution in [-0.4, -0.2) is 30.3 Å². The molecule has 2 fully saturated rings. The summed E-state index contributed by atoms with van der Waals surface area (Å²) in [6.07, 6.45) is 7.50. The lowest BCUT2D eigenvalue weighted by molar-refractivity contribution is -0.0791. The van der Waals surface area contributed by atoms with Crippen LogP contribution in [0.2, 0.25) is 0 Å². The van der Waals surface area contributed by atoms with Crippen molar-refractivity contribution < 1.29 is 4.74 Å². The number of rotatable bonds is 2. The van der Waals surface area contributed by atoms with E-state index in [4.69, 9.17) is 4.74 Å². The van der Waals surface area contributed by atoms with E-state index in [1.165, 1.54) is 61.3 Å². The molecule has 0 aliphatic carbocycles. The van der Waals surface area contributed by atoms with Crippen molar-refractivity contribution in [2.45, 2.75) is 44.1 Å². The third-order valence-electron chi connectivity index (χ3n) is 5.33. The Morgan fingerprint density at radius 1 is 1.38 bits per heavy atom. The number of nitrogens with one attached hydrogen (secondary N) is 1. The highest BCUT2D eigenvalue weighted by Gasteiger charge is 2.40. The molecule has 1 aromatic rings. The Balaban J connectivity index is 1.51. The number of aryl methyl sites for hydroxylation is 1. The van der Waals surface area contributed by atoms with Crippen LogP contribution in [0, 0.1) is 5.92 Å². The molecule has 3 aliphatic rings. The van der Waals surface area contributed by atoms with E-state index < -0.39 is 0 Å². The van der Waals surface area contributed by atoms with Crippen molar-refractivity contribution in [3.05, 3.63) is 29.3 Å². The highest BCUT2D eigenvalue weighted by Crippen LogP contribution is 2.42. The minimum absolute atomic E-state index is 0.218. The molecule has 0 bridgehead atoms. The zero-order valence-corrected chi connectivity index (χ0v) is 13.5. The van der Waals surface area contributed by atoms with E-state index in [9.17, 15) is 0 Å². The number of fused-ring (bicyclic) bond motifs is 1. The molecule has 4 rings (SSSR count). The Hall–Kier alpha value is -0.670. The van der Waals surface area contributed by atoms with Crippen LogP contribution in [0.5, 0.6) is 0 Å². The van der Waals surface area contributed by atoms with Gasteiger partial charge in [0.15, 0.2) is 0 Å². The highest BCUT2D eigenvalue weighted by molar-refractivity contribution is 7.99. The number of hydrogen-bond acceptors (Lipinski definition) is 3. The lowest BCUT2D eigenvalue weighted by atomic mass is 9.81. The van der Waals surface area contributed by atoms with Crippen LogP contribution in [0.1, 0.15) is 36.8 Å². The van der Waals surface area contributed by atoms with Crippen LogP contribution >= 0.6 is 11.8 Å². The molecule has 21 heavy (non-hydrogen) atoms. The number of hydrogen-bond donors (Lipinski definition) is 1. The zero-order valence-electron chi connectivity index (χ0n) is 12.7. The first kappa shape index (κ1) is 14.0. The van der Waals surface area contributed by atoms with E-state index in [0.717, 1.165) is 19.1 Å². The maximum absolute atomic E-state index is 6.17. The molecular formula is C18H25NOS. The van der Waals surface area contributed by atoms with Crippen molar-refractivity contribution in [3.63, 3.8) is 0 Å². The highest BCUT2D eigenvalue weighted by atomic mass is 32.2. The minimum atomic E-state index is 0.218. The fourth-order valence-electron chi connectivity index (χ4n) is 4.23. The number of benzene rings is 1. The average Bonchev–Trinajstić information content (AvgIpc) is 2.95. The van der Waals surface area contributed by atoms with Gasteiger partial charge in [-0.2, -0.15) is 11.8 Å². The van der Waals surface area contributed by atoms with Crippen molar-refractivity contribution >= 4 is 17.4 Å². The molecular weight excluding hydrogens is 278 g/mol. The molecule has 0 saturated carbocycles. The molecule has 0 amide bonds. The Kier molecular flexibility index (Phi) is 3.89. The summed E-state index contributed by atoms with van der Waals surface area (Å²) in [6, 6.07) is 6.88. The number of para-hydroxylation sites is 1. The fraction of sp³-hybridized carbons (Fsp3) is 0.667. The summed E-state index contributed by atoms with van der Waals surface area (Å²) in [5.74, 6) is 3.30. The van der Waals surface area contributed by atoms with Crippen LogP contribution in [-0.2, 0) is 17.6 Å². The van der Waals surface area contributed by atoms with Crippen molar-refractivity contribution in [1.82, 2.24) is 0 Å². The second-order valence-electron chi connectivity index (χ2n) is 6.88. The van der Waals surface area contributed by atoms with E-state index in [0.29, 0.717) is 0 Å². The van der Waals surface area contributed by atoms with Gasteiger partial charge < -0.3 is 10.1 Å². The first-order valence-electron chi connectivity index (χ1n) is 8.41. The summed E-state index contributed by atoms with van der Waals surface area (Å²) in [4.78, 5) is 0. The summed E-state index contributed by atoms with van der Waals surface area (Å²) in [7, 11) is 0. The van der Waals surface area contributed by atoms with Crippen LogP contribution in [0.15, 0.2) is 18.2 Å². The normalized spacial score (nSPS) is 31.9. The minimum Gasteiger partial charge on any atom is -0.385 e. The summed E-state index contributed by atoms with van der Waals surface area (Å²) >= 11 is 2.07. The molecule has 1 spiro atoms. The molecule has 3 heteroatoms. The van der Waals surface area contributed by atoms with E-state index in [1.807, 2.05) is 0 Å². The van der Waals surface area contributed by atoms with Gasteiger partial charge in [-0.15, -0.1) is 0 Å². The second-order valence-corrected chi connectivity index (χ2v) is 7.98. The van der Waals surface area contributed by atoms with Gasteiger partial charge in [0.05, 0.1) is 5.60 Å². The molecule has 0 aromatic heterocycles. The molecule has 1 N–H and O–H groups in total. The predicted octanol–water partition coefficient (Wildman–Crippen LogP) is 3.89. The summed E-state index contributed by atoms with van der Waals surface area (Å²) in [6.45, 7) is 2.10. The largest absolute Gasteiger partial charge is 0.385 e. The maximum Gasteiger partial charge on any atom is 0.0783 e. The summed E-state index contributed by atoms with van der Waals surface area (Å²) in [5, 5.41) is 3.65. The average molecular weight is 303 g/mol. The summed E-state index contributed by atoms with van der Waals surface area (Å²) in [5.41, 5.74) is 4.73. The Morgan fingerprint density at radius 3 is 3.29 bits per heavy atom. The van der Waals surface area contributed by atoms with Gasteiger partial charge in [-0.25, -0.2) is 0 Å². The molecule has 2 unspecified atom stereocenters. The van der Waals surface area contributed by atoms with Gasteiger partial charge in [-0.3, -0.25) is 0 Å². The molecule has 114 valence electrons. The maximum atomic E-state index is 6.17. The first-order chi connectivity index (χ1) is 10.3. The molecule has 2 atom stereocenters. The van der Waals surface area contributed by atoms with E-state index >= 15 is 0 Å². The Morgan fingerprint density at radius 2 is 2.38 bits per heavy atom. The van der Waals surface area contributed by atoms with E-state index in [-0.39, 0.29) is 5.60 Å². The quantitative estimate of drug-likeness (QED) is 0.895. The van der Waals surface area contributed by atoms with Crippen molar-refractivity contribution in [1.29, 1.82) is 0 Å². The summed E-state index contributed by atoms with van der Waals surface area (Å²) < 4.78 is 6.17. The fourth-order valence-corrected chi connectivity index (χ4v) is 5.61. The van der Waals surface area contributed by atoms with Gasteiger partial charge in [0, 0.05) is 24.6 Å². The van der Waals surface area contributed by atoms with Gasteiger partial charge in [0.1, 0.15) is 0 Å². The van der Waals surface area contributed by atoms with Crippen molar-refractivity contribution in [3.8, 4) is 0 Å². The lowest BCUT2D eigenvalue weighted by Crippen LogP contribution is -2.40. The van der Waals surface area contributed by atoms with E-state index in [2.05, 4.69) is 35.3 Å². The van der Waals surface area contributed by atoms with Crippen LogP contribution in [0.3, 0.4) is 0 Å². The second kappa shape index (κ2) is 5.85. The lowest BCUT2D eigenvalue weighted by Gasteiger charge is -2.38. The third-order valence-corrected chi connectivity index (χ3v) is 6.56. The van der Waals surface area contributed by atoms with Crippen molar-refractivity contribution in [2.24, 2.45) is 5.92 Å². The topological polar surface area (TPSA) is 21.3 Å². The molecule has 2 nitrogen and oxygen atoms in total.